The van der Waals surface area contributed by atoms with E-state index in [0.717, 1.165) is 27.2 Å². The maximum Gasteiger partial charge on any atom is 0.264 e. The van der Waals surface area contributed by atoms with E-state index >= 15 is 0 Å². The summed E-state index contributed by atoms with van der Waals surface area (Å²) < 4.78 is 40.5. The average molecular weight is 647 g/mol. The van der Waals surface area contributed by atoms with Gasteiger partial charge in [-0.05, 0) is 67.4 Å². The number of amides is 2. The lowest BCUT2D eigenvalue weighted by atomic mass is 10.1. The summed E-state index contributed by atoms with van der Waals surface area (Å²) in [5, 5.41) is 2.88. The van der Waals surface area contributed by atoms with Gasteiger partial charge in [-0.1, -0.05) is 53.5 Å². The summed E-state index contributed by atoms with van der Waals surface area (Å²) >= 11 is 3.42. The fourth-order valence-electron chi connectivity index (χ4n) is 4.13. The van der Waals surface area contributed by atoms with Crippen LogP contribution in [-0.4, -0.2) is 58.5 Å². The maximum atomic E-state index is 14.0. The number of unbranched alkanes of at least 4 members (excludes halogenated alkanes) is 1. The first-order valence-corrected chi connectivity index (χ1v) is 15.5. The van der Waals surface area contributed by atoms with Gasteiger partial charge >= 0.3 is 0 Å². The van der Waals surface area contributed by atoms with Gasteiger partial charge in [0.15, 0.2) is 0 Å². The van der Waals surface area contributed by atoms with Crippen LogP contribution in [0.3, 0.4) is 0 Å². The van der Waals surface area contributed by atoms with Gasteiger partial charge in [-0.2, -0.15) is 0 Å². The van der Waals surface area contributed by atoms with Crippen LogP contribution < -0.4 is 19.1 Å². The Bertz CT molecular complexity index is 1410. The predicted octanol–water partition coefficient (Wildman–Crippen LogP) is 5.00. The normalized spacial score (nSPS) is 11.8. The van der Waals surface area contributed by atoms with Crippen molar-refractivity contribution in [3.8, 4) is 11.5 Å². The maximum absolute atomic E-state index is 14.0. The average Bonchev–Trinajstić information content (AvgIpc) is 2.99. The second kappa shape index (κ2) is 14.9. The number of rotatable bonds is 14. The molecule has 0 fully saturated rings. The highest BCUT2D eigenvalue weighted by atomic mass is 79.9. The molecule has 1 N–H and O–H groups in total. The van der Waals surface area contributed by atoms with Gasteiger partial charge in [0, 0.05) is 17.6 Å². The third kappa shape index (κ3) is 8.23. The van der Waals surface area contributed by atoms with E-state index in [1.54, 1.807) is 31.2 Å². The summed E-state index contributed by atoms with van der Waals surface area (Å²) in [5.74, 6) is -0.0885. The molecule has 220 valence electrons. The predicted molar refractivity (Wildman–Crippen MR) is 163 cm³/mol. The molecule has 1 atom stereocenters. The molecule has 0 aromatic heterocycles. The SMILES string of the molecule is CCCCNC(=O)C(C)N(Cc1ccc(Br)cc1)C(=O)CN(c1ccccc1OC)S(=O)(=O)c1ccc(OC)cc1. The molecule has 9 nitrogen and oxygen atoms in total. The molecule has 1 unspecified atom stereocenters. The fraction of sp³-hybridized carbons (Fsp3) is 0.333. The number of methoxy groups -OCH3 is 2. The molecule has 0 aliphatic carbocycles. The lowest BCUT2D eigenvalue weighted by Gasteiger charge is -2.32. The van der Waals surface area contributed by atoms with Crippen molar-refractivity contribution in [2.75, 3.05) is 31.6 Å². The highest BCUT2D eigenvalue weighted by Gasteiger charge is 2.33. The Labute approximate surface area is 250 Å². The van der Waals surface area contributed by atoms with Gasteiger partial charge in [0.25, 0.3) is 10.0 Å². The molecule has 0 aliphatic heterocycles. The number of hydrogen-bond acceptors (Lipinski definition) is 6. The fourth-order valence-corrected chi connectivity index (χ4v) is 5.82. The van der Waals surface area contributed by atoms with E-state index in [4.69, 9.17) is 9.47 Å². The Kier molecular flexibility index (Phi) is 11.6. The Morgan fingerprint density at radius 2 is 1.61 bits per heavy atom. The first-order valence-electron chi connectivity index (χ1n) is 13.2. The molecule has 3 rings (SSSR count). The minimum Gasteiger partial charge on any atom is -0.497 e. The first-order chi connectivity index (χ1) is 19.6. The summed E-state index contributed by atoms with van der Waals surface area (Å²) in [6.45, 7) is 3.70. The lowest BCUT2D eigenvalue weighted by Crippen LogP contribution is -2.51. The van der Waals surface area contributed by atoms with Gasteiger partial charge in [-0.3, -0.25) is 13.9 Å². The van der Waals surface area contributed by atoms with E-state index in [1.165, 1.54) is 43.4 Å². The molecule has 0 spiro atoms. The van der Waals surface area contributed by atoms with E-state index in [9.17, 15) is 18.0 Å². The Morgan fingerprint density at radius 1 is 0.951 bits per heavy atom. The minimum absolute atomic E-state index is 0.0261. The van der Waals surface area contributed by atoms with Crippen LogP contribution in [0.4, 0.5) is 5.69 Å². The zero-order valence-corrected chi connectivity index (χ0v) is 26.1. The van der Waals surface area contributed by atoms with Gasteiger partial charge in [0.05, 0.1) is 24.8 Å². The Morgan fingerprint density at radius 3 is 2.22 bits per heavy atom. The van der Waals surface area contributed by atoms with Crippen LogP contribution in [0, 0.1) is 0 Å². The molecule has 3 aromatic carbocycles. The van der Waals surface area contributed by atoms with E-state index in [2.05, 4.69) is 21.2 Å². The van der Waals surface area contributed by atoms with Crippen LogP contribution in [0.25, 0.3) is 0 Å². The molecule has 0 saturated heterocycles. The van der Waals surface area contributed by atoms with Crippen LogP contribution in [0.15, 0.2) is 82.2 Å². The zero-order chi connectivity index (χ0) is 30.0. The van der Waals surface area contributed by atoms with Crippen molar-refractivity contribution in [2.24, 2.45) is 0 Å². The van der Waals surface area contributed by atoms with Crippen LogP contribution in [-0.2, 0) is 26.2 Å². The van der Waals surface area contributed by atoms with E-state index in [0.29, 0.717) is 12.3 Å². The number of carbonyl (C=O) groups excluding carboxylic acids is 2. The van der Waals surface area contributed by atoms with Crippen LogP contribution >= 0.6 is 15.9 Å². The lowest BCUT2D eigenvalue weighted by molar-refractivity contribution is -0.139. The summed E-state index contributed by atoms with van der Waals surface area (Å²) in [4.78, 5) is 28.5. The number of benzene rings is 3. The third-order valence-electron chi connectivity index (χ3n) is 6.54. The zero-order valence-electron chi connectivity index (χ0n) is 23.7. The largest absolute Gasteiger partial charge is 0.497 e. The standard InChI is InChI=1S/C30H36BrN3O6S/c1-5-6-19-32-30(36)22(2)33(20-23-11-13-24(31)14-12-23)29(35)21-34(27-9-7-8-10-28(27)40-4)41(37,38)26-17-15-25(39-3)16-18-26/h7-18,22H,5-6,19-21H2,1-4H3,(H,32,36). The summed E-state index contributed by atoms with van der Waals surface area (Å²) in [6.07, 6.45) is 1.72. The van der Waals surface area contributed by atoms with Crippen molar-refractivity contribution in [3.63, 3.8) is 0 Å². The summed E-state index contributed by atoms with van der Waals surface area (Å²) in [6, 6.07) is 19.0. The molecule has 11 heteroatoms. The van der Waals surface area contributed by atoms with Gasteiger partial charge in [0.1, 0.15) is 24.1 Å². The van der Waals surface area contributed by atoms with Crippen LogP contribution in [0.5, 0.6) is 11.5 Å². The van der Waals surface area contributed by atoms with Crippen LogP contribution in [0.1, 0.15) is 32.3 Å². The minimum atomic E-state index is -4.24. The molecule has 2 amide bonds. The van der Waals surface area contributed by atoms with E-state index in [1.807, 2.05) is 31.2 Å². The smallest absolute Gasteiger partial charge is 0.264 e. The van der Waals surface area contributed by atoms with Gasteiger partial charge < -0.3 is 19.7 Å². The number of halogens is 1. The molecular formula is C30H36BrN3O6S. The molecular weight excluding hydrogens is 610 g/mol. The molecule has 0 heterocycles. The van der Waals surface area contributed by atoms with Crippen molar-refractivity contribution in [2.45, 2.75) is 44.2 Å². The summed E-state index contributed by atoms with van der Waals surface area (Å²) in [5.41, 5.74) is 0.986. The Balaban J connectivity index is 2.03. The number of sulfonamides is 1. The van der Waals surface area contributed by atoms with Crippen molar-refractivity contribution in [3.05, 3.63) is 82.8 Å². The number of anilines is 1. The van der Waals surface area contributed by atoms with Crippen molar-refractivity contribution >= 4 is 43.5 Å². The molecule has 41 heavy (non-hydrogen) atoms. The molecule has 0 bridgehead atoms. The summed E-state index contributed by atoms with van der Waals surface area (Å²) in [7, 11) is -1.32. The molecule has 0 aliphatic rings. The second-order valence-corrected chi connectivity index (χ2v) is 12.1. The highest BCUT2D eigenvalue weighted by molar-refractivity contribution is 9.10. The Hall–Kier alpha value is -3.57. The monoisotopic (exact) mass is 645 g/mol. The van der Waals surface area contributed by atoms with Crippen molar-refractivity contribution < 1.29 is 27.5 Å². The molecule has 0 radical (unpaired) electrons. The molecule has 3 aromatic rings. The van der Waals surface area contributed by atoms with Gasteiger partial charge in [0.2, 0.25) is 11.8 Å². The highest BCUT2D eigenvalue weighted by Crippen LogP contribution is 2.33. The van der Waals surface area contributed by atoms with Crippen molar-refractivity contribution in [1.82, 2.24) is 10.2 Å². The number of carbonyl (C=O) groups is 2. The number of hydrogen-bond donors (Lipinski definition) is 1. The second-order valence-electron chi connectivity index (χ2n) is 9.33. The van der Waals surface area contributed by atoms with Crippen molar-refractivity contribution in [1.29, 1.82) is 0 Å². The third-order valence-corrected chi connectivity index (χ3v) is 8.85. The van der Waals surface area contributed by atoms with E-state index in [-0.39, 0.29) is 28.8 Å². The van der Waals surface area contributed by atoms with Gasteiger partial charge in [-0.25, -0.2) is 8.42 Å². The number of nitrogens with one attached hydrogen (secondary N) is 1. The topological polar surface area (TPSA) is 105 Å². The van der Waals surface area contributed by atoms with Crippen LogP contribution in [0.2, 0.25) is 0 Å². The number of ether oxygens (including phenoxy) is 2. The first kappa shape index (κ1) is 32.0. The number of nitrogens with zero attached hydrogens (tertiary/aromatic N) is 2. The van der Waals surface area contributed by atoms with Gasteiger partial charge in [-0.15, -0.1) is 0 Å². The quantitative estimate of drug-likeness (QED) is 0.248. The van der Waals surface area contributed by atoms with E-state index < -0.39 is 28.5 Å². The number of para-hydroxylation sites is 2. The molecule has 0 saturated carbocycles.